The normalized spacial score (nSPS) is 10.7. The van der Waals surface area contributed by atoms with Crippen molar-refractivity contribution in [1.29, 1.82) is 0 Å². The lowest BCUT2D eigenvalue weighted by atomic mass is 10.1. The number of rotatable bonds is 4. The summed E-state index contributed by atoms with van der Waals surface area (Å²) in [4.78, 5) is 10.3. The van der Waals surface area contributed by atoms with Crippen LogP contribution >= 0.6 is 12.2 Å². The third kappa shape index (κ3) is 2.73. The summed E-state index contributed by atoms with van der Waals surface area (Å²) >= 11 is 5.61. The Morgan fingerprint density at radius 1 is 1.26 bits per heavy atom. The Kier molecular flexibility index (Phi) is 3.92. The number of benzene rings is 2. The first-order chi connectivity index (χ1) is 11.0. The Balaban J connectivity index is 2.08. The number of aromatic hydroxyl groups is 1. The number of hydrogen-bond donors (Lipinski definition) is 2. The quantitative estimate of drug-likeness (QED) is 0.569. The standard InChI is InChI=1S/C17H17N3O2S/c1-20(2)13-7-5-4-6-10(13)16(23)17-18-11-8-14(21)15(22-3)9-12(11)19-17/h4-9,21H,1-3H3,(H,18,19). The molecule has 0 saturated heterocycles. The number of imidazole rings is 1. The van der Waals surface area contributed by atoms with E-state index in [4.69, 9.17) is 17.0 Å². The van der Waals surface area contributed by atoms with Gasteiger partial charge in [-0.25, -0.2) is 4.98 Å². The van der Waals surface area contributed by atoms with E-state index in [0.29, 0.717) is 22.0 Å². The van der Waals surface area contributed by atoms with Gasteiger partial charge in [0.1, 0.15) is 5.82 Å². The summed E-state index contributed by atoms with van der Waals surface area (Å²) in [6, 6.07) is 11.2. The van der Waals surface area contributed by atoms with Gasteiger partial charge < -0.3 is 19.7 Å². The number of phenolic OH excluding ortho intramolecular Hbond substituents is 1. The molecular weight excluding hydrogens is 310 g/mol. The Hall–Kier alpha value is -2.60. The lowest BCUT2D eigenvalue weighted by Gasteiger charge is -2.17. The fourth-order valence-corrected chi connectivity index (χ4v) is 2.75. The molecule has 2 aromatic carbocycles. The minimum atomic E-state index is 0.0534. The zero-order valence-corrected chi connectivity index (χ0v) is 13.9. The maximum absolute atomic E-state index is 9.87. The number of nitrogens with zero attached hydrogens (tertiary/aromatic N) is 2. The number of fused-ring (bicyclic) bond motifs is 1. The molecule has 0 saturated carbocycles. The monoisotopic (exact) mass is 327 g/mol. The highest BCUT2D eigenvalue weighted by atomic mass is 32.1. The molecule has 2 N–H and O–H groups in total. The smallest absolute Gasteiger partial charge is 0.162 e. The van der Waals surface area contributed by atoms with E-state index in [9.17, 15) is 5.11 Å². The average Bonchev–Trinajstić information content (AvgIpc) is 2.95. The van der Waals surface area contributed by atoms with E-state index in [-0.39, 0.29) is 5.75 Å². The highest BCUT2D eigenvalue weighted by Crippen LogP contribution is 2.30. The van der Waals surface area contributed by atoms with Gasteiger partial charge in [0.2, 0.25) is 0 Å². The number of aromatic amines is 1. The molecule has 0 fully saturated rings. The summed E-state index contributed by atoms with van der Waals surface area (Å²) in [5.41, 5.74) is 3.36. The molecule has 0 spiro atoms. The van der Waals surface area contributed by atoms with Crippen LogP contribution in [0.25, 0.3) is 11.0 Å². The molecule has 0 bridgehead atoms. The molecule has 5 nitrogen and oxygen atoms in total. The third-order valence-electron chi connectivity index (χ3n) is 3.63. The molecule has 1 heterocycles. The van der Waals surface area contributed by atoms with E-state index >= 15 is 0 Å². The molecule has 0 radical (unpaired) electrons. The molecule has 0 amide bonds. The molecule has 0 unspecified atom stereocenters. The van der Waals surface area contributed by atoms with Gasteiger partial charge in [-0.1, -0.05) is 30.4 Å². The molecule has 0 aliphatic carbocycles. The molecule has 0 aliphatic heterocycles. The van der Waals surface area contributed by atoms with E-state index in [2.05, 4.69) is 9.97 Å². The van der Waals surface area contributed by atoms with Crippen molar-refractivity contribution >= 4 is 33.8 Å². The number of anilines is 1. The number of aromatic nitrogens is 2. The molecule has 3 rings (SSSR count). The number of ether oxygens (including phenoxy) is 1. The second kappa shape index (κ2) is 5.89. The zero-order valence-electron chi connectivity index (χ0n) is 13.1. The van der Waals surface area contributed by atoms with Crippen LogP contribution < -0.4 is 9.64 Å². The van der Waals surface area contributed by atoms with E-state index in [1.807, 2.05) is 43.3 Å². The summed E-state index contributed by atoms with van der Waals surface area (Å²) in [5.74, 6) is 1.04. The minimum Gasteiger partial charge on any atom is -0.504 e. The first-order valence-electron chi connectivity index (χ1n) is 7.09. The number of methoxy groups -OCH3 is 1. The van der Waals surface area contributed by atoms with Crippen molar-refractivity contribution in [3.63, 3.8) is 0 Å². The van der Waals surface area contributed by atoms with Gasteiger partial charge in [-0.15, -0.1) is 0 Å². The average molecular weight is 327 g/mol. The third-order valence-corrected chi connectivity index (χ3v) is 4.04. The number of phenols is 1. The summed E-state index contributed by atoms with van der Waals surface area (Å²) in [6.45, 7) is 0. The minimum absolute atomic E-state index is 0.0534. The molecule has 118 valence electrons. The van der Waals surface area contributed by atoms with E-state index in [1.54, 1.807) is 12.1 Å². The first-order valence-corrected chi connectivity index (χ1v) is 7.50. The van der Waals surface area contributed by atoms with Crippen molar-refractivity contribution in [2.24, 2.45) is 0 Å². The fraction of sp³-hybridized carbons (Fsp3) is 0.176. The van der Waals surface area contributed by atoms with E-state index in [1.165, 1.54) is 7.11 Å². The number of H-pyrrole nitrogens is 1. The van der Waals surface area contributed by atoms with Gasteiger partial charge in [0, 0.05) is 37.5 Å². The van der Waals surface area contributed by atoms with Crippen molar-refractivity contribution < 1.29 is 9.84 Å². The SMILES string of the molecule is COc1cc2[nH]c(C(=S)c3ccccc3N(C)C)nc2cc1O. The van der Waals surface area contributed by atoms with Gasteiger partial charge in [-0.05, 0) is 6.07 Å². The van der Waals surface area contributed by atoms with Crippen molar-refractivity contribution in [3.8, 4) is 11.5 Å². The van der Waals surface area contributed by atoms with E-state index < -0.39 is 0 Å². The molecule has 23 heavy (non-hydrogen) atoms. The highest BCUT2D eigenvalue weighted by Gasteiger charge is 2.15. The zero-order chi connectivity index (χ0) is 16.6. The van der Waals surface area contributed by atoms with Crippen LogP contribution in [0.5, 0.6) is 11.5 Å². The van der Waals surface area contributed by atoms with Crippen molar-refractivity contribution in [2.75, 3.05) is 26.1 Å². The number of nitrogens with one attached hydrogen (secondary N) is 1. The second-order valence-corrected chi connectivity index (χ2v) is 5.78. The van der Waals surface area contributed by atoms with Crippen LogP contribution in [0.3, 0.4) is 0 Å². The molecule has 3 aromatic rings. The Morgan fingerprint density at radius 3 is 2.70 bits per heavy atom. The van der Waals surface area contributed by atoms with Gasteiger partial charge in [0.15, 0.2) is 11.5 Å². The van der Waals surface area contributed by atoms with Crippen LogP contribution in [-0.4, -0.2) is 41.1 Å². The largest absolute Gasteiger partial charge is 0.504 e. The molecule has 0 aliphatic rings. The summed E-state index contributed by atoms with van der Waals surface area (Å²) in [7, 11) is 5.46. The van der Waals surface area contributed by atoms with Crippen molar-refractivity contribution in [2.45, 2.75) is 0 Å². The fourth-order valence-electron chi connectivity index (χ4n) is 2.48. The molecule has 0 atom stereocenters. The van der Waals surface area contributed by atoms with Gasteiger partial charge in [0.05, 0.1) is 23.0 Å². The lowest BCUT2D eigenvalue weighted by molar-refractivity contribution is 0.374. The highest BCUT2D eigenvalue weighted by molar-refractivity contribution is 7.81. The predicted molar refractivity (Wildman–Crippen MR) is 95.9 cm³/mol. The maximum atomic E-state index is 9.87. The predicted octanol–water partition coefficient (Wildman–Crippen LogP) is 3.11. The van der Waals surface area contributed by atoms with Crippen molar-refractivity contribution in [1.82, 2.24) is 9.97 Å². The van der Waals surface area contributed by atoms with Crippen LogP contribution in [0.4, 0.5) is 5.69 Å². The van der Waals surface area contributed by atoms with Gasteiger partial charge in [-0.3, -0.25) is 0 Å². The lowest BCUT2D eigenvalue weighted by Crippen LogP contribution is -2.14. The Labute approximate surface area is 139 Å². The molecule has 6 heteroatoms. The molecule has 1 aromatic heterocycles. The number of thiocarbonyl (C=S) groups is 1. The van der Waals surface area contributed by atoms with Crippen molar-refractivity contribution in [3.05, 3.63) is 47.8 Å². The topological polar surface area (TPSA) is 61.4 Å². The summed E-state index contributed by atoms with van der Waals surface area (Å²) in [5, 5.41) is 9.87. The van der Waals surface area contributed by atoms with E-state index in [0.717, 1.165) is 16.8 Å². The van der Waals surface area contributed by atoms with Crippen LogP contribution in [-0.2, 0) is 0 Å². The summed E-state index contributed by atoms with van der Waals surface area (Å²) < 4.78 is 5.12. The van der Waals surface area contributed by atoms with Gasteiger partial charge in [0.25, 0.3) is 0 Å². The van der Waals surface area contributed by atoms with Gasteiger partial charge >= 0.3 is 0 Å². The second-order valence-electron chi connectivity index (χ2n) is 5.37. The van der Waals surface area contributed by atoms with Crippen LogP contribution in [0.15, 0.2) is 36.4 Å². The number of para-hydroxylation sites is 1. The van der Waals surface area contributed by atoms with Crippen LogP contribution in [0.2, 0.25) is 0 Å². The number of hydrogen-bond acceptors (Lipinski definition) is 5. The Bertz CT molecular complexity index is 887. The Morgan fingerprint density at radius 2 is 2.00 bits per heavy atom. The van der Waals surface area contributed by atoms with Crippen LogP contribution in [0, 0.1) is 0 Å². The molecular formula is C17H17N3O2S. The first kappa shape index (κ1) is 15.3. The van der Waals surface area contributed by atoms with Crippen LogP contribution in [0.1, 0.15) is 11.4 Å². The van der Waals surface area contributed by atoms with Gasteiger partial charge in [-0.2, -0.15) is 0 Å². The summed E-state index contributed by atoms with van der Waals surface area (Å²) in [6.07, 6.45) is 0. The maximum Gasteiger partial charge on any atom is 0.162 e.